The molecular formula is C7H4BrCl3O2S2. The molecule has 0 unspecified atom stereocenters. The van der Waals surface area contributed by atoms with Crippen LogP contribution in [0.1, 0.15) is 0 Å². The fourth-order valence-electron chi connectivity index (χ4n) is 0.786. The van der Waals surface area contributed by atoms with Gasteiger partial charge in [-0.2, -0.15) is 0 Å². The van der Waals surface area contributed by atoms with Crippen LogP contribution in [0, 0.1) is 0 Å². The molecular weight excluding hydrogens is 366 g/mol. The van der Waals surface area contributed by atoms with Gasteiger partial charge in [-0.05, 0) is 34.1 Å². The van der Waals surface area contributed by atoms with E-state index in [1.165, 1.54) is 18.2 Å². The molecule has 8 heteroatoms. The third-order valence-electron chi connectivity index (χ3n) is 1.52. The molecule has 0 saturated heterocycles. The van der Waals surface area contributed by atoms with Crippen molar-refractivity contribution in [3.05, 3.63) is 27.7 Å². The highest BCUT2D eigenvalue weighted by Crippen LogP contribution is 2.38. The summed E-state index contributed by atoms with van der Waals surface area (Å²) in [5.41, 5.74) is 0. The zero-order valence-electron chi connectivity index (χ0n) is 6.92. The monoisotopic (exact) mass is 368 g/mol. The number of thiol groups is 1. The normalized spacial score (nSPS) is 12.9. The lowest BCUT2D eigenvalue weighted by atomic mass is 10.4. The van der Waals surface area contributed by atoms with Crippen LogP contribution in [0.5, 0.6) is 0 Å². The van der Waals surface area contributed by atoms with Crippen LogP contribution < -0.4 is 0 Å². The second kappa shape index (κ2) is 4.63. The van der Waals surface area contributed by atoms with Gasteiger partial charge in [-0.25, -0.2) is 8.42 Å². The molecule has 84 valence electrons. The van der Waals surface area contributed by atoms with Gasteiger partial charge in [-0.15, -0.1) is 12.6 Å². The number of benzene rings is 1. The fourth-order valence-corrected chi connectivity index (χ4v) is 3.09. The van der Waals surface area contributed by atoms with Crippen LogP contribution in [-0.4, -0.2) is 11.4 Å². The zero-order valence-corrected chi connectivity index (χ0v) is 12.5. The Morgan fingerprint density at radius 2 is 1.87 bits per heavy atom. The summed E-state index contributed by atoms with van der Waals surface area (Å²) in [4.78, 5) is -0.0567. The van der Waals surface area contributed by atoms with Crippen molar-refractivity contribution in [1.82, 2.24) is 0 Å². The van der Waals surface area contributed by atoms with Crippen molar-refractivity contribution in [2.24, 2.45) is 0 Å². The van der Waals surface area contributed by atoms with Crippen molar-refractivity contribution in [2.45, 2.75) is 7.89 Å². The Labute approximate surface area is 116 Å². The third kappa shape index (κ3) is 2.96. The molecule has 2 nitrogen and oxygen atoms in total. The highest BCUT2D eigenvalue weighted by molar-refractivity contribution is 9.10. The number of sulfone groups is 1. The molecule has 15 heavy (non-hydrogen) atoms. The van der Waals surface area contributed by atoms with Crippen molar-refractivity contribution in [1.29, 1.82) is 0 Å². The maximum atomic E-state index is 11.7. The van der Waals surface area contributed by atoms with Crippen LogP contribution >= 0.6 is 63.4 Å². The first-order valence-electron chi connectivity index (χ1n) is 3.46. The topological polar surface area (TPSA) is 34.1 Å². The van der Waals surface area contributed by atoms with Gasteiger partial charge in [0.1, 0.15) is 0 Å². The molecule has 0 atom stereocenters. The number of hydrogen-bond acceptors (Lipinski definition) is 3. The number of alkyl halides is 2. The summed E-state index contributed by atoms with van der Waals surface area (Å²) in [6.07, 6.45) is 0. The van der Waals surface area contributed by atoms with Gasteiger partial charge in [0.15, 0.2) is 0 Å². The second-order valence-corrected chi connectivity index (χ2v) is 9.19. The van der Waals surface area contributed by atoms with Crippen molar-refractivity contribution in [3.63, 3.8) is 0 Å². The van der Waals surface area contributed by atoms with Crippen LogP contribution in [0.2, 0.25) is 5.02 Å². The smallest absolute Gasteiger partial charge is 0.220 e. The molecule has 0 aliphatic rings. The van der Waals surface area contributed by atoms with Crippen molar-refractivity contribution < 1.29 is 8.42 Å². The van der Waals surface area contributed by atoms with Gasteiger partial charge >= 0.3 is 0 Å². The lowest BCUT2D eigenvalue weighted by Gasteiger charge is -2.13. The van der Waals surface area contributed by atoms with Crippen molar-refractivity contribution in [3.8, 4) is 0 Å². The largest absolute Gasteiger partial charge is 0.266 e. The summed E-state index contributed by atoms with van der Waals surface area (Å²) in [6.45, 7) is 0. The minimum Gasteiger partial charge on any atom is -0.220 e. The Morgan fingerprint density at radius 3 is 2.27 bits per heavy atom. The van der Waals surface area contributed by atoms with Crippen LogP contribution in [0.3, 0.4) is 0 Å². The van der Waals surface area contributed by atoms with E-state index in [4.69, 9.17) is 34.8 Å². The van der Waals surface area contributed by atoms with Crippen molar-refractivity contribution >= 4 is 73.2 Å². The minimum absolute atomic E-state index is 0.0567. The van der Waals surface area contributed by atoms with Gasteiger partial charge < -0.3 is 0 Å². The molecule has 0 spiro atoms. The molecule has 0 saturated carbocycles. The first-order chi connectivity index (χ1) is 6.66. The highest BCUT2D eigenvalue weighted by Gasteiger charge is 2.37. The summed E-state index contributed by atoms with van der Waals surface area (Å²) in [5, 5.41) is 0.392. The maximum Gasteiger partial charge on any atom is 0.266 e. The van der Waals surface area contributed by atoms with Gasteiger partial charge in [-0.1, -0.05) is 34.8 Å². The molecule has 0 N–H and O–H groups in total. The lowest BCUT2D eigenvalue weighted by Crippen LogP contribution is -2.19. The number of rotatable bonds is 2. The van der Waals surface area contributed by atoms with Gasteiger partial charge in [-0.3, -0.25) is 0 Å². The first-order valence-corrected chi connectivity index (χ1v) is 7.32. The second-order valence-electron chi connectivity index (χ2n) is 2.57. The molecule has 0 aliphatic carbocycles. The molecule has 0 bridgehead atoms. The molecule has 0 aromatic heterocycles. The minimum atomic E-state index is -3.91. The first kappa shape index (κ1) is 13.9. The maximum absolute atomic E-state index is 11.7. The van der Waals surface area contributed by atoms with E-state index in [2.05, 4.69) is 28.6 Å². The van der Waals surface area contributed by atoms with Crippen LogP contribution in [0.15, 0.2) is 27.6 Å². The summed E-state index contributed by atoms with van der Waals surface area (Å²) < 4.78 is 21.7. The van der Waals surface area contributed by atoms with E-state index in [0.29, 0.717) is 9.50 Å². The van der Waals surface area contributed by atoms with E-state index >= 15 is 0 Å². The molecule has 1 rings (SSSR count). The lowest BCUT2D eigenvalue weighted by molar-refractivity contribution is 0.597. The van der Waals surface area contributed by atoms with E-state index in [-0.39, 0.29) is 4.90 Å². The Morgan fingerprint density at radius 1 is 1.33 bits per heavy atom. The number of halogens is 4. The number of hydrogen-bond donors (Lipinski definition) is 1. The van der Waals surface area contributed by atoms with E-state index in [0.717, 1.165) is 0 Å². The molecule has 1 aromatic carbocycles. The third-order valence-corrected chi connectivity index (χ3v) is 6.20. The van der Waals surface area contributed by atoms with E-state index in [1.807, 2.05) is 0 Å². The summed E-state index contributed by atoms with van der Waals surface area (Å²) in [6, 6.07) is 4.04. The molecule has 0 heterocycles. The predicted molar refractivity (Wildman–Crippen MR) is 69.8 cm³/mol. The molecule has 0 amide bonds. The van der Waals surface area contributed by atoms with Crippen molar-refractivity contribution in [2.75, 3.05) is 0 Å². The summed E-state index contributed by atoms with van der Waals surface area (Å²) >= 11 is 23.3. The Kier molecular flexibility index (Phi) is 4.30. The van der Waals surface area contributed by atoms with E-state index in [1.54, 1.807) is 0 Å². The van der Waals surface area contributed by atoms with E-state index < -0.39 is 12.8 Å². The van der Waals surface area contributed by atoms with E-state index in [9.17, 15) is 8.42 Å². The van der Waals surface area contributed by atoms with Crippen LogP contribution in [0.4, 0.5) is 0 Å². The molecule has 0 aliphatic heterocycles. The highest BCUT2D eigenvalue weighted by atomic mass is 79.9. The average Bonchev–Trinajstić information content (AvgIpc) is 2.07. The van der Waals surface area contributed by atoms with Crippen LogP contribution in [0.25, 0.3) is 0 Å². The molecule has 0 radical (unpaired) electrons. The van der Waals surface area contributed by atoms with Gasteiger partial charge in [0.05, 0.1) is 9.92 Å². The zero-order chi connectivity index (χ0) is 11.9. The predicted octanol–water partition coefficient (Wildman–Crippen LogP) is 3.89. The molecule has 1 aromatic rings. The van der Waals surface area contributed by atoms with Gasteiger partial charge in [0.25, 0.3) is 3.00 Å². The fraction of sp³-hybridized carbons (Fsp3) is 0.143. The van der Waals surface area contributed by atoms with Crippen LogP contribution in [-0.2, 0) is 9.84 Å². The summed E-state index contributed by atoms with van der Waals surface area (Å²) in [5.74, 6) is 0. The SMILES string of the molecule is O=S(=O)(c1ccc(Cl)c(Br)c1)C(S)(Cl)Cl. The Hall–Kier alpha value is 0.870. The Balaban J connectivity index is 3.36. The molecule has 0 fully saturated rings. The Bertz CT molecular complexity index is 481. The standard InChI is InChI=1S/C7H4BrCl3O2S2/c8-5-3-4(1-2-6(5)9)15(12,13)7(10,11)14/h1-3,14H. The quantitative estimate of drug-likeness (QED) is 0.633. The average molecular weight is 371 g/mol. The van der Waals surface area contributed by atoms with Gasteiger partial charge in [0.2, 0.25) is 9.84 Å². The summed E-state index contributed by atoms with van der Waals surface area (Å²) in [7, 11) is -3.91. The van der Waals surface area contributed by atoms with Gasteiger partial charge in [0, 0.05) is 4.47 Å².